The van der Waals surface area contributed by atoms with Crippen molar-refractivity contribution in [3.05, 3.63) is 11.8 Å². The van der Waals surface area contributed by atoms with Gasteiger partial charge in [0.05, 0.1) is 0 Å². The van der Waals surface area contributed by atoms with Crippen LogP contribution in [0.5, 0.6) is 0 Å². The second-order valence-electron chi connectivity index (χ2n) is 6.34. The zero-order chi connectivity index (χ0) is 16.4. The van der Waals surface area contributed by atoms with Gasteiger partial charge >= 0.3 is 0 Å². The lowest BCUT2D eigenvalue weighted by Crippen LogP contribution is -2.42. The molecule has 7 nitrogen and oxygen atoms in total. The van der Waals surface area contributed by atoms with Crippen molar-refractivity contribution in [2.75, 3.05) is 36.5 Å². The zero-order valence-electron chi connectivity index (χ0n) is 14.0. The highest BCUT2D eigenvalue weighted by atomic mass is 16.2. The van der Waals surface area contributed by atoms with Gasteiger partial charge in [-0.25, -0.2) is 4.98 Å². The van der Waals surface area contributed by atoms with Crippen LogP contribution in [0.2, 0.25) is 0 Å². The Morgan fingerprint density at radius 3 is 2.78 bits per heavy atom. The predicted molar refractivity (Wildman–Crippen MR) is 90.7 cm³/mol. The number of likely N-dealkylation sites (N-methyl/N-ethyl adjacent to an activating group) is 1. The number of carbonyl (C=O) groups excluding carboxylic acids is 1. The molecule has 0 unspecified atom stereocenters. The van der Waals surface area contributed by atoms with Gasteiger partial charge in [0.15, 0.2) is 0 Å². The minimum absolute atomic E-state index is 0.00247. The normalized spacial score (nSPS) is 24.3. The summed E-state index contributed by atoms with van der Waals surface area (Å²) in [7, 11) is 1.66. The predicted octanol–water partition coefficient (Wildman–Crippen LogP) is 0.291. The average molecular weight is 318 g/mol. The Balaban J connectivity index is 1.93. The number of amides is 1. The third kappa shape index (κ3) is 3.24. The van der Waals surface area contributed by atoms with Crippen LogP contribution in [-0.4, -0.2) is 54.6 Å². The molecule has 3 heterocycles. The summed E-state index contributed by atoms with van der Waals surface area (Å²) in [5, 5.41) is 2.74. The Morgan fingerprint density at radius 2 is 2.13 bits per heavy atom. The topological polar surface area (TPSA) is 87.4 Å². The highest BCUT2D eigenvalue weighted by molar-refractivity contribution is 5.85. The number of aryl methyl sites for hydroxylation is 1. The third-order valence-electron chi connectivity index (χ3n) is 4.68. The number of anilines is 2. The van der Waals surface area contributed by atoms with E-state index in [1.165, 1.54) is 12.8 Å². The molecule has 2 fully saturated rings. The molecule has 0 saturated carbocycles. The molecule has 7 heteroatoms. The van der Waals surface area contributed by atoms with Gasteiger partial charge in [0.1, 0.15) is 11.9 Å². The number of carbonyl (C=O) groups is 1. The zero-order valence-corrected chi connectivity index (χ0v) is 14.0. The lowest BCUT2D eigenvalue weighted by Gasteiger charge is -2.26. The Labute approximate surface area is 137 Å². The molecule has 1 amide bonds. The summed E-state index contributed by atoms with van der Waals surface area (Å²) in [6.07, 6.45) is 3.88. The number of nitrogens with two attached hydrogens (primary N) is 1. The van der Waals surface area contributed by atoms with Crippen molar-refractivity contribution in [3.63, 3.8) is 0 Å². The Bertz CT molecular complexity index is 572. The fourth-order valence-corrected chi connectivity index (χ4v) is 3.39. The van der Waals surface area contributed by atoms with Crippen LogP contribution in [-0.2, 0) is 11.2 Å². The Morgan fingerprint density at radius 1 is 1.39 bits per heavy atom. The minimum atomic E-state index is -0.249. The first-order chi connectivity index (χ1) is 11.1. The van der Waals surface area contributed by atoms with Gasteiger partial charge in [-0.15, -0.1) is 0 Å². The van der Waals surface area contributed by atoms with Crippen LogP contribution in [0.4, 0.5) is 11.8 Å². The molecule has 3 rings (SSSR count). The van der Waals surface area contributed by atoms with E-state index in [0.29, 0.717) is 13.0 Å². The highest BCUT2D eigenvalue weighted by Gasteiger charge is 2.36. The Kier molecular flexibility index (Phi) is 4.66. The quantitative estimate of drug-likeness (QED) is 0.830. The van der Waals surface area contributed by atoms with E-state index in [1.807, 2.05) is 11.0 Å². The van der Waals surface area contributed by atoms with E-state index in [1.54, 1.807) is 7.05 Å². The van der Waals surface area contributed by atoms with E-state index in [0.717, 1.165) is 37.0 Å². The molecule has 0 aliphatic carbocycles. The molecule has 0 aromatic carbocycles. The number of aromatic nitrogens is 2. The van der Waals surface area contributed by atoms with Gasteiger partial charge in [0.25, 0.3) is 0 Å². The summed E-state index contributed by atoms with van der Waals surface area (Å²) in [6.45, 7) is 4.75. The van der Waals surface area contributed by atoms with E-state index in [9.17, 15) is 4.79 Å². The summed E-state index contributed by atoms with van der Waals surface area (Å²) >= 11 is 0. The van der Waals surface area contributed by atoms with Crippen molar-refractivity contribution in [2.45, 2.75) is 44.7 Å². The van der Waals surface area contributed by atoms with Crippen molar-refractivity contribution < 1.29 is 4.79 Å². The molecule has 1 aromatic heterocycles. The van der Waals surface area contributed by atoms with E-state index in [4.69, 9.17) is 10.7 Å². The fourth-order valence-electron chi connectivity index (χ4n) is 3.39. The maximum Gasteiger partial charge on any atom is 0.242 e. The number of hydrogen-bond donors (Lipinski definition) is 2. The van der Waals surface area contributed by atoms with E-state index < -0.39 is 0 Å². The van der Waals surface area contributed by atoms with Gasteiger partial charge in [-0.05, 0) is 25.7 Å². The molecule has 0 bridgehead atoms. The van der Waals surface area contributed by atoms with Crippen LogP contribution in [0.3, 0.4) is 0 Å². The molecule has 23 heavy (non-hydrogen) atoms. The lowest BCUT2D eigenvalue weighted by atomic mass is 10.1. The largest absolute Gasteiger partial charge is 0.357 e. The monoisotopic (exact) mass is 318 g/mol. The van der Waals surface area contributed by atoms with Gasteiger partial charge in [-0.1, -0.05) is 6.92 Å². The highest BCUT2D eigenvalue weighted by Crippen LogP contribution is 2.27. The fraction of sp³-hybridized carbons (Fsp3) is 0.688. The van der Waals surface area contributed by atoms with Crippen LogP contribution in [0, 0.1) is 0 Å². The molecular formula is C16H26N6O. The van der Waals surface area contributed by atoms with Crippen LogP contribution in [0.1, 0.15) is 31.9 Å². The number of nitrogens with zero attached hydrogens (tertiary/aromatic N) is 4. The first-order valence-electron chi connectivity index (χ1n) is 8.49. The van der Waals surface area contributed by atoms with Crippen molar-refractivity contribution in [1.29, 1.82) is 0 Å². The number of hydrogen-bond acceptors (Lipinski definition) is 6. The Hall–Kier alpha value is -1.89. The summed E-state index contributed by atoms with van der Waals surface area (Å²) in [5.74, 6) is 1.60. The van der Waals surface area contributed by atoms with E-state index in [2.05, 4.69) is 22.1 Å². The molecule has 0 spiro atoms. The average Bonchev–Trinajstić information content (AvgIpc) is 3.23. The molecule has 2 aliphatic heterocycles. The van der Waals surface area contributed by atoms with Crippen molar-refractivity contribution in [1.82, 2.24) is 15.3 Å². The second kappa shape index (κ2) is 6.70. The van der Waals surface area contributed by atoms with Crippen molar-refractivity contribution >= 4 is 17.7 Å². The van der Waals surface area contributed by atoms with Gasteiger partial charge in [0, 0.05) is 44.5 Å². The maximum atomic E-state index is 12.2. The minimum Gasteiger partial charge on any atom is -0.357 e. The molecule has 126 valence electrons. The SMILES string of the molecule is CCc1cc(N2C[C@H](N)C[C@H]2C(=O)NC)nc(N2CCCC2)n1. The lowest BCUT2D eigenvalue weighted by molar-refractivity contribution is -0.121. The first-order valence-corrected chi connectivity index (χ1v) is 8.49. The molecule has 3 N–H and O–H groups in total. The summed E-state index contributed by atoms with van der Waals surface area (Å²) in [4.78, 5) is 25.9. The summed E-state index contributed by atoms with van der Waals surface area (Å²) in [5.41, 5.74) is 7.11. The maximum absolute atomic E-state index is 12.2. The van der Waals surface area contributed by atoms with Crippen LogP contribution in [0.15, 0.2) is 6.07 Å². The smallest absolute Gasteiger partial charge is 0.242 e. The van der Waals surface area contributed by atoms with Gasteiger partial charge < -0.3 is 20.9 Å². The number of nitrogens with one attached hydrogen (secondary N) is 1. The third-order valence-corrected chi connectivity index (χ3v) is 4.68. The molecule has 0 radical (unpaired) electrons. The summed E-state index contributed by atoms with van der Waals surface area (Å²) in [6, 6.07) is 1.74. The standard InChI is InChI=1S/C16H26N6O/c1-3-12-9-14(20-16(19-12)21-6-4-5-7-21)22-10-11(17)8-13(22)15(23)18-2/h9,11,13H,3-8,10,17H2,1-2H3,(H,18,23)/t11-,13+/m1/s1. The molecule has 2 aliphatic rings. The summed E-state index contributed by atoms with van der Waals surface area (Å²) < 4.78 is 0. The van der Waals surface area contributed by atoms with Gasteiger partial charge in [0.2, 0.25) is 11.9 Å². The number of rotatable bonds is 4. The van der Waals surface area contributed by atoms with Crippen LogP contribution in [0.25, 0.3) is 0 Å². The van der Waals surface area contributed by atoms with Crippen molar-refractivity contribution in [2.24, 2.45) is 5.73 Å². The van der Waals surface area contributed by atoms with E-state index >= 15 is 0 Å². The first kappa shape index (κ1) is 16.0. The second-order valence-corrected chi connectivity index (χ2v) is 6.34. The van der Waals surface area contributed by atoms with Crippen LogP contribution < -0.4 is 20.9 Å². The van der Waals surface area contributed by atoms with Gasteiger partial charge in [-0.3, -0.25) is 4.79 Å². The molecular weight excluding hydrogens is 292 g/mol. The molecule has 1 aromatic rings. The van der Waals surface area contributed by atoms with Crippen molar-refractivity contribution in [3.8, 4) is 0 Å². The molecule has 2 saturated heterocycles. The van der Waals surface area contributed by atoms with Gasteiger partial charge in [-0.2, -0.15) is 4.98 Å². The van der Waals surface area contributed by atoms with E-state index in [-0.39, 0.29) is 18.0 Å². The molecule has 2 atom stereocenters. The van der Waals surface area contributed by atoms with Crippen LogP contribution >= 0.6 is 0 Å².